The van der Waals surface area contributed by atoms with E-state index in [2.05, 4.69) is 12.6 Å². The van der Waals surface area contributed by atoms with Crippen LogP contribution in [0.3, 0.4) is 0 Å². The van der Waals surface area contributed by atoms with Crippen molar-refractivity contribution in [1.29, 1.82) is 0 Å². The van der Waals surface area contributed by atoms with Crippen molar-refractivity contribution in [2.24, 2.45) is 0 Å². The second-order valence-corrected chi connectivity index (χ2v) is 3.27. The zero-order valence-electron chi connectivity index (χ0n) is 9.97. The molecule has 0 aromatic heterocycles. The van der Waals surface area contributed by atoms with E-state index in [4.69, 9.17) is 11.6 Å². The maximum Gasteiger partial charge on any atom is 0.0513 e. The summed E-state index contributed by atoms with van der Waals surface area (Å²) in [7, 11) is 0. The van der Waals surface area contributed by atoms with Crippen molar-refractivity contribution in [2.75, 3.05) is 0 Å². The van der Waals surface area contributed by atoms with E-state index in [1.54, 1.807) is 6.08 Å². The lowest BCUT2D eigenvalue weighted by atomic mass is 10.0. The van der Waals surface area contributed by atoms with Gasteiger partial charge in [0.05, 0.1) is 5.02 Å². The average Bonchev–Trinajstić information content (AvgIpc) is 2.28. The molecule has 0 spiro atoms. The van der Waals surface area contributed by atoms with Crippen LogP contribution in [0.1, 0.15) is 37.5 Å². The molecule has 1 aromatic carbocycles. The molecule has 15 heavy (non-hydrogen) atoms. The number of benzene rings is 1. The van der Waals surface area contributed by atoms with Gasteiger partial charge in [-0.3, -0.25) is 0 Å². The van der Waals surface area contributed by atoms with Gasteiger partial charge in [0.15, 0.2) is 0 Å². The molecule has 0 saturated carbocycles. The van der Waals surface area contributed by atoms with Gasteiger partial charge in [0.1, 0.15) is 0 Å². The summed E-state index contributed by atoms with van der Waals surface area (Å²) in [6, 6.07) is 4.04. The second kappa shape index (κ2) is 7.30. The third-order valence-corrected chi connectivity index (χ3v) is 2.53. The molecule has 0 N–H and O–H groups in total. The minimum absolute atomic E-state index is 0.797. The third kappa shape index (κ3) is 3.56. The largest absolute Gasteiger partial charge is 0.0984 e. The molecule has 0 aliphatic heterocycles. The van der Waals surface area contributed by atoms with Crippen LogP contribution in [0.2, 0.25) is 5.02 Å². The number of allylic oxidation sites excluding steroid dienone is 1. The Bertz CT molecular complexity index is 349. The van der Waals surface area contributed by atoms with Gasteiger partial charge in [-0.2, -0.15) is 0 Å². The molecule has 0 aliphatic rings. The molecule has 1 heteroatoms. The van der Waals surface area contributed by atoms with Gasteiger partial charge in [-0.1, -0.05) is 62.4 Å². The smallest absolute Gasteiger partial charge is 0.0513 e. The van der Waals surface area contributed by atoms with Crippen LogP contribution in [-0.2, 0) is 0 Å². The summed E-state index contributed by atoms with van der Waals surface area (Å²) < 4.78 is 0. The van der Waals surface area contributed by atoms with Crippen molar-refractivity contribution in [3.8, 4) is 0 Å². The van der Waals surface area contributed by atoms with E-state index in [0.29, 0.717) is 0 Å². The van der Waals surface area contributed by atoms with E-state index >= 15 is 0 Å². The van der Waals surface area contributed by atoms with Crippen molar-refractivity contribution in [3.05, 3.63) is 46.5 Å². The summed E-state index contributed by atoms with van der Waals surface area (Å²) in [4.78, 5) is 0. The van der Waals surface area contributed by atoms with Crippen molar-refractivity contribution >= 4 is 23.8 Å². The molecule has 0 bridgehead atoms. The molecule has 0 heterocycles. The molecule has 1 aromatic rings. The van der Waals surface area contributed by atoms with Crippen molar-refractivity contribution in [3.63, 3.8) is 0 Å². The van der Waals surface area contributed by atoms with Gasteiger partial charge in [0.25, 0.3) is 0 Å². The van der Waals surface area contributed by atoms with Gasteiger partial charge >= 0.3 is 0 Å². The van der Waals surface area contributed by atoms with Crippen molar-refractivity contribution < 1.29 is 0 Å². The topological polar surface area (TPSA) is 0 Å². The maximum absolute atomic E-state index is 6.13. The van der Waals surface area contributed by atoms with Crippen LogP contribution in [0.15, 0.2) is 24.8 Å². The van der Waals surface area contributed by atoms with E-state index in [1.165, 1.54) is 0 Å². The van der Waals surface area contributed by atoms with Gasteiger partial charge in [0.2, 0.25) is 0 Å². The highest BCUT2D eigenvalue weighted by molar-refractivity contribution is 6.33. The summed E-state index contributed by atoms with van der Waals surface area (Å²) in [6.07, 6.45) is 5.83. The average molecular weight is 223 g/mol. The molecule has 0 radical (unpaired) electrons. The Hall–Kier alpha value is -1.01. The van der Waals surface area contributed by atoms with Crippen LogP contribution < -0.4 is 0 Å². The molecule has 0 nitrogen and oxygen atoms in total. The molecule has 0 fully saturated rings. The van der Waals surface area contributed by atoms with Crippen LogP contribution in [-0.4, -0.2) is 0 Å². The third-order valence-electron chi connectivity index (χ3n) is 2.02. The monoisotopic (exact) mass is 222 g/mol. The van der Waals surface area contributed by atoms with Crippen LogP contribution in [0.4, 0.5) is 0 Å². The highest BCUT2D eigenvalue weighted by atomic mass is 35.5. The van der Waals surface area contributed by atoms with Gasteiger partial charge < -0.3 is 0 Å². The molecule has 0 amide bonds. The van der Waals surface area contributed by atoms with E-state index in [1.807, 2.05) is 45.9 Å². The molecule has 0 aliphatic carbocycles. The fourth-order valence-electron chi connectivity index (χ4n) is 1.24. The quantitative estimate of drug-likeness (QED) is 0.633. The van der Waals surface area contributed by atoms with E-state index in [-0.39, 0.29) is 0 Å². The Morgan fingerprint density at radius 3 is 2.20 bits per heavy atom. The maximum atomic E-state index is 6.13. The van der Waals surface area contributed by atoms with Gasteiger partial charge in [0, 0.05) is 0 Å². The molecule has 1 rings (SSSR count). The van der Waals surface area contributed by atoms with Crippen LogP contribution in [0.25, 0.3) is 12.2 Å². The summed E-state index contributed by atoms with van der Waals surface area (Å²) in [5.41, 5.74) is 3.27. The number of rotatable bonds is 2. The number of halogens is 1. The highest BCUT2D eigenvalue weighted by Gasteiger charge is 2.02. The van der Waals surface area contributed by atoms with E-state index in [0.717, 1.165) is 21.7 Å². The fraction of sp³-hybridized carbons (Fsp3) is 0.286. The lowest BCUT2D eigenvalue weighted by Gasteiger charge is -2.05. The molecule has 82 valence electrons. The fourth-order valence-corrected chi connectivity index (χ4v) is 1.49. The lowest BCUT2D eigenvalue weighted by Crippen LogP contribution is -1.85. The minimum atomic E-state index is 0.797. The SMILES string of the molecule is C=Cc1ccc(/C=C\C)c(C)c1Cl.CC. The zero-order valence-corrected chi connectivity index (χ0v) is 10.7. The molecular formula is C14H19Cl. The standard InChI is InChI=1S/C12H13Cl.C2H6/c1-4-6-11-8-7-10(5-2)12(13)9(11)3;1-2/h4-8H,2H2,1,3H3;1-2H3/b6-4-;. The van der Waals surface area contributed by atoms with Gasteiger partial charge in [-0.05, 0) is 30.5 Å². The first-order chi connectivity index (χ1) is 7.20. The van der Waals surface area contributed by atoms with Crippen LogP contribution >= 0.6 is 11.6 Å². The Labute approximate surface area is 98.3 Å². The van der Waals surface area contributed by atoms with Gasteiger partial charge in [-0.15, -0.1) is 0 Å². The van der Waals surface area contributed by atoms with E-state index in [9.17, 15) is 0 Å². The molecule has 0 atom stereocenters. The second-order valence-electron chi connectivity index (χ2n) is 2.89. The predicted molar refractivity (Wildman–Crippen MR) is 72.3 cm³/mol. The molecular weight excluding hydrogens is 204 g/mol. The van der Waals surface area contributed by atoms with Crippen LogP contribution in [0, 0.1) is 6.92 Å². The van der Waals surface area contributed by atoms with Crippen molar-refractivity contribution in [2.45, 2.75) is 27.7 Å². The first-order valence-corrected chi connectivity index (χ1v) is 5.62. The lowest BCUT2D eigenvalue weighted by molar-refractivity contribution is 1.43. The number of hydrogen-bond acceptors (Lipinski definition) is 0. The summed E-state index contributed by atoms with van der Waals surface area (Å²) in [5.74, 6) is 0. The summed E-state index contributed by atoms with van der Waals surface area (Å²) in [6.45, 7) is 11.7. The van der Waals surface area contributed by atoms with Gasteiger partial charge in [-0.25, -0.2) is 0 Å². The Balaban J connectivity index is 0.000000921. The minimum Gasteiger partial charge on any atom is -0.0984 e. The molecule has 0 unspecified atom stereocenters. The first-order valence-electron chi connectivity index (χ1n) is 5.25. The van der Waals surface area contributed by atoms with Crippen molar-refractivity contribution in [1.82, 2.24) is 0 Å². The zero-order chi connectivity index (χ0) is 11.8. The predicted octanol–water partition coefficient (Wildman–Crippen LogP) is 5.35. The first kappa shape index (κ1) is 14.0. The Morgan fingerprint density at radius 1 is 1.20 bits per heavy atom. The van der Waals surface area contributed by atoms with Crippen LogP contribution in [0.5, 0.6) is 0 Å². The summed E-state index contributed by atoms with van der Waals surface area (Å²) >= 11 is 6.13. The Morgan fingerprint density at radius 2 is 1.73 bits per heavy atom. The normalized spacial score (nSPS) is 9.67. The summed E-state index contributed by atoms with van der Waals surface area (Å²) in [5, 5.41) is 0.797. The highest BCUT2D eigenvalue weighted by Crippen LogP contribution is 2.25. The van der Waals surface area contributed by atoms with E-state index < -0.39 is 0 Å². The Kier molecular flexibility index (Phi) is 6.81. The number of hydrogen-bond donors (Lipinski definition) is 0. The molecule has 0 saturated heterocycles.